The van der Waals surface area contributed by atoms with Gasteiger partial charge in [0.1, 0.15) is 0 Å². The van der Waals surface area contributed by atoms with E-state index in [0.717, 1.165) is 17.3 Å². The zero-order chi connectivity index (χ0) is 12.4. The number of amidine groups is 1. The zero-order valence-corrected chi connectivity index (χ0v) is 12.0. The Bertz CT molecular complexity index is 574. The average molecular weight is 276 g/mol. The van der Waals surface area contributed by atoms with Crippen LogP contribution in [0.1, 0.15) is 19.8 Å². The minimum absolute atomic E-state index is 0.499. The van der Waals surface area contributed by atoms with Crippen molar-refractivity contribution >= 4 is 44.0 Å². The van der Waals surface area contributed by atoms with Crippen LogP contribution in [0.4, 0.5) is 5.69 Å². The Morgan fingerprint density at radius 3 is 3.22 bits per heavy atom. The summed E-state index contributed by atoms with van der Waals surface area (Å²) in [7, 11) is 0. The summed E-state index contributed by atoms with van der Waals surface area (Å²) in [6.07, 6.45) is 2.34. The second-order valence-electron chi connectivity index (χ2n) is 4.43. The largest absolute Gasteiger partial charge is 0.335 e. The number of hydrogen-bond acceptors (Lipinski definition) is 4. The van der Waals surface area contributed by atoms with Gasteiger partial charge in [-0.3, -0.25) is 4.99 Å². The number of thiophene rings is 1. The lowest BCUT2D eigenvalue weighted by Crippen LogP contribution is -2.19. The molecule has 2 nitrogen and oxygen atoms in total. The molecule has 1 atom stereocenters. The molecule has 1 aliphatic heterocycles. The highest BCUT2D eigenvalue weighted by atomic mass is 32.2. The minimum Gasteiger partial charge on any atom is -0.335 e. The Balaban J connectivity index is 1.81. The molecule has 94 valence electrons. The minimum atomic E-state index is 0.499. The number of nitrogens with one attached hydrogen (secondary N) is 1. The molecule has 0 aliphatic carbocycles. The van der Waals surface area contributed by atoms with Crippen LogP contribution in [-0.2, 0) is 0 Å². The maximum absolute atomic E-state index is 4.73. The first-order valence-corrected chi connectivity index (χ1v) is 8.16. The Morgan fingerprint density at radius 1 is 1.39 bits per heavy atom. The van der Waals surface area contributed by atoms with E-state index in [9.17, 15) is 0 Å². The molecule has 0 amide bonds. The number of benzene rings is 1. The van der Waals surface area contributed by atoms with Crippen molar-refractivity contribution in [1.29, 1.82) is 0 Å². The molecule has 0 spiro atoms. The monoisotopic (exact) mass is 276 g/mol. The molecule has 0 saturated heterocycles. The van der Waals surface area contributed by atoms with Gasteiger partial charge in [-0.1, -0.05) is 18.7 Å². The van der Waals surface area contributed by atoms with Crippen molar-refractivity contribution in [2.45, 2.75) is 25.8 Å². The summed E-state index contributed by atoms with van der Waals surface area (Å²) < 4.78 is 1.34. The molecular formula is C14H16N2S2. The summed E-state index contributed by atoms with van der Waals surface area (Å²) in [5, 5.41) is 7.95. The molecule has 4 heteroatoms. The standard InChI is InChI=1S/C14H16N2S2/c1-2-11-6-8-18-14(15-11)16-12-3-4-13-10(9-12)5-7-17-13/h3-5,7,9,11H,2,6,8H2,1H3,(H,15,16). The molecule has 1 aliphatic rings. The number of anilines is 1. The third kappa shape index (κ3) is 2.54. The number of aliphatic imine (C=N–C) groups is 1. The SMILES string of the molecule is CCC1CCSC(Nc2ccc3sccc3c2)=N1. The van der Waals surface area contributed by atoms with Crippen molar-refractivity contribution in [2.24, 2.45) is 4.99 Å². The Labute approximate surface area is 116 Å². The van der Waals surface area contributed by atoms with Gasteiger partial charge in [0.15, 0.2) is 5.17 Å². The van der Waals surface area contributed by atoms with Crippen LogP contribution in [0.3, 0.4) is 0 Å². The van der Waals surface area contributed by atoms with E-state index in [2.05, 4.69) is 41.9 Å². The van der Waals surface area contributed by atoms with E-state index in [1.54, 1.807) is 11.3 Å². The normalized spacial score (nSPS) is 19.8. The fraction of sp³-hybridized carbons (Fsp3) is 0.357. The summed E-state index contributed by atoms with van der Waals surface area (Å²) in [4.78, 5) is 4.73. The second-order valence-corrected chi connectivity index (χ2v) is 6.46. The average Bonchev–Trinajstić information content (AvgIpc) is 2.86. The van der Waals surface area contributed by atoms with E-state index in [-0.39, 0.29) is 0 Å². The van der Waals surface area contributed by atoms with Gasteiger partial charge in [0.05, 0.1) is 6.04 Å². The lowest BCUT2D eigenvalue weighted by atomic mass is 10.2. The predicted octanol–water partition coefficient (Wildman–Crippen LogP) is 4.58. The van der Waals surface area contributed by atoms with Crippen LogP contribution in [0.2, 0.25) is 0 Å². The summed E-state index contributed by atoms with van der Waals surface area (Å²) >= 11 is 3.61. The molecule has 1 unspecified atom stereocenters. The van der Waals surface area contributed by atoms with Gasteiger partial charge in [0, 0.05) is 16.1 Å². The molecule has 0 radical (unpaired) electrons. The molecule has 2 aromatic rings. The van der Waals surface area contributed by atoms with E-state index in [0.29, 0.717) is 6.04 Å². The quantitative estimate of drug-likeness (QED) is 0.868. The summed E-state index contributed by atoms with van der Waals surface area (Å²) in [5.41, 5.74) is 1.14. The van der Waals surface area contributed by atoms with Crippen molar-refractivity contribution in [3.8, 4) is 0 Å². The van der Waals surface area contributed by atoms with E-state index in [4.69, 9.17) is 4.99 Å². The van der Waals surface area contributed by atoms with Gasteiger partial charge in [0.25, 0.3) is 0 Å². The summed E-state index contributed by atoms with van der Waals surface area (Å²) in [6.45, 7) is 2.21. The molecule has 1 aromatic heterocycles. The highest BCUT2D eigenvalue weighted by Crippen LogP contribution is 2.26. The number of fused-ring (bicyclic) bond motifs is 1. The van der Waals surface area contributed by atoms with Crippen LogP contribution in [0.5, 0.6) is 0 Å². The zero-order valence-electron chi connectivity index (χ0n) is 10.3. The molecule has 2 heterocycles. The van der Waals surface area contributed by atoms with Crippen molar-refractivity contribution in [2.75, 3.05) is 11.1 Å². The van der Waals surface area contributed by atoms with Crippen molar-refractivity contribution in [1.82, 2.24) is 0 Å². The Hall–Kier alpha value is -1.00. The van der Waals surface area contributed by atoms with Crippen molar-refractivity contribution < 1.29 is 0 Å². The third-order valence-electron chi connectivity index (χ3n) is 3.16. The van der Waals surface area contributed by atoms with Crippen LogP contribution in [0.25, 0.3) is 10.1 Å². The van der Waals surface area contributed by atoms with E-state index >= 15 is 0 Å². The van der Waals surface area contributed by atoms with Crippen molar-refractivity contribution in [3.05, 3.63) is 29.6 Å². The first kappa shape index (κ1) is 12.1. The summed E-state index contributed by atoms with van der Waals surface area (Å²) in [6, 6.07) is 9.17. The number of hydrogen-bond donors (Lipinski definition) is 1. The first-order chi connectivity index (χ1) is 8.85. The maximum Gasteiger partial charge on any atom is 0.161 e. The van der Waals surface area contributed by atoms with Gasteiger partial charge in [-0.15, -0.1) is 11.3 Å². The highest BCUT2D eigenvalue weighted by molar-refractivity contribution is 8.14. The van der Waals surface area contributed by atoms with Crippen LogP contribution >= 0.6 is 23.1 Å². The van der Waals surface area contributed by atoms with Crippen LogP contribution in [0, 0.1) is 0 Å². The van der Waals surface area contributed by atoms with Gasteiger partial charge >= 0.3 is 0 Å². The van der Waals surface area contributed by atoms with Gasteiger partial charge in [0.2, 0.25) is 0 Å². The second kappa shape index (κ2) is 5.33. The van der Waals surface area contributed by atoms with Crippen LogP contribution in [-0.4, -0.2) is 17.0 Å². The third-order valence-corrected chi connectivity index (χ3v) is 4.98. The number of rotatable bonds is 2. The lowest BCUT2D eigenvalue weighted by molar-refractivity contribution is 0.634. The molecular weight excluding hydrogens is 260 g/mol. The number of nitrogens with zero attached hydrogens (tertiary/aromatic N) is 1. The topological polar surface area (TPSA) is 24.4 Å². The molecule has 18 heavy (non-hydrogen) atoms. The van der Waals surface area contributed by atoms with E-state index in [1.807, 2.05) is 11.8 Å². The van der Waals surface area contributed by atoms with Gasteiger partial charge in [-0.2, -0.15) is 0 Å². The van der Waals surface area contributed by atoms with Crippen LogP contribution in [0.15, 0.2) is 34.6 Å². The fourth-order valence-electron chi connectivity index (χ4n) is 2.09. The smallest absolute Gasteiger partial charge is 0.161 e. The molecule has 1 aromatic carbocycles. The van der Waals surface area contributed by atoms with Gasteiger partial charge in [-0.05, 0) is 47.9 Å². The lowest BCUT2D eigenvalue weighted by Gasteiger charge is -2.19. The summed E-state index contributed by atoms with van der Waals surface area (Å²) in [5.74, 6) is 1.17. The van der Waals surface area contributed by atoms with Gasteiger partial charge < -0.3 is 5.32 Å². The fourth-order valence-corrected chi connectivity index (χ4v) is 3.86. The maximum atomic E-state index is 4.73. The Kier molecular flexibility index (Phi) is 3.57. The molecule has 0 fully saturated rings. The molecule has 0 bridgehead atoms. The van der Waals surface area contributed by atoms with Gasteiger partial charge in [-0.25, -0.2) is 0 Å². The Morgan fingerprint density at radius 2 is 2.33 bits per heavy atom. The first-order valence-electron chi connectivity index (χ1n) is 6.30. The molecule has 1 N–H and O–H groups in total. The molecule has 0 saturated carbocycles. The van der Waals surface area contributed by atoms with E-state index < -0.39 is 0 Å². The number of thioether (sulfide) groups is 1. The van der Waals surface area contributed by atoms with E-state index in [1.165, 1.54) is 22.3 Å². The predicted molar refractivity (Wildman–Crippen MR) is 84.0 cm³/mol. The highest BCUT2D eigenvalue weighted by Gasteiger charge is 2.14. The molecule has 3 rings (SSSR count). The van der Waals surface area contributed by atoms with Crippen LogP contribution < -0.4 is 5.32 Å². The van der Waals surface area contributed by atoms with Crippen molar-refractivity contribution in [3.63, 3.8) is 0 Å².